The van der Waals surface area contributed by atoms with Gasteiger partial charge in [-0.05, 0) is 268 Å². The van der Waals surface area contributed by atoms with Gasteiger partial charge in [0.25, 0.3) is 0 Å². The highest BCUT2D eigenvalue weighted by Gasteiger charge is 2.33. The lowest BCUT2D eigenvalue weighted by Gasteiger charge is -2.16. The molecule has 0 bridgehead atoms. The summed E-state index contributed by atoms with van der Waals surface area (Å²) < 4.78 is 12.2. The number of nitrogens with zero attached hydrogens (tertiary/aromatic N) is 5. The van der Waals surface area contributed by atoms with Crippen molar-refractivity contribution in [2.75, 3.05) is 0 Å². The fourth-order valence-electron chi connectivity index (χ4n) is 22.2. The van der Waals surface area contributed by atoms with Crippen molar-refractivity contribution in [1.82, 2.24) is 22.8 Å². The number of hydrogen-bond acceptors (Lipinski definition) is 0. The van der Waals surface area contributed by atoms with E-state index in [4.69, 9.17) is 0 Å². The predicted octanol–water partition coefficient (Wildman–Crippen LogP) is 34.8. The molecule has 0 saturated carbocycles. The Morgan fingerprint density at radius 2 is 0.382 bits per heavy atom. The molecule has 0 N–H and O–H groups in total. The molecule has 5 heterocycles. The lowest BCUT2D eigenvalue weighted by Crippen LogP contribution is -2.00. The molecule has 1 aliphatic carbocycles. The molecule has 136 heavy (non-hydrogen) atoms. The number of para-hydroxylation sites is 3. The van der Waals surface area contributed by atoms with E-state index < -0.39 is 0 Å². The van der Waals surface area contributed by atoms with E-state index in [0.717, 1.165) is 28.4 Å². The summed E-state index contributed by atoms with van der Waals surface area (Å²) >= 11 is 0. The molecule has 0 saturated heterocycles. The molecule has 5 nitrogen and oxygen atoms in total. The highest BCUT2D eigenvalue weighted by atomic mass is 15.0. The minimum atomic E-state index is 0.123. The zero-order valence-electron chi connectivity index (χ0n) is 74.3. The number of fused-ring (bicyclic) bond motifs is 19. The fourth-order valence-corrected chi connectivity index (χ4v) is 22.2. The van der Waals surface area contributed by atoms with Crippen LogP contribution in [0.3, 0.4) is 0 Å². The Hall–Kier alpha value is -17.9. The predicted molar refractivity (Wildman–Crippen MR) is 573 cm³/mol. The highest BCUT2D eigenvalue weighted by Crippen LogP contribution is 2.53. The van der Waals surface area contributed by atoms with E-state index in [-0.39, 0.29) is 5.92 Å². The molecule has 5 aromatic heterocycles. The van der Waals surface area contributed by atoms with Crippen molar-refractivity contribution in [3.8, 4) is 117 Å². The van der Waals surface area contributed by atoms with Gasteiger partial charge >= 0.3 is 0 Å². The van der Waals surface area contributed by atoms with Gasteiger partial charge < -0.3 is 22.8 Å². The molecule has 634 valence electrons. The number of rotatable bonds is 13. The summed E-state index contributed by atoms with van der Waals surface area (Å²) in [5.41, 5.74) is 41.2. The molecule has 0 aliphatic heterocycles. The summed E-state index contributed by atoms with van der Waals surface area (Å²) in [5.74, 6) is 0.123. The second-order valence-electron chi connectivity index (χ2n) is 36.2. The van der Waals surface area contributed by atoms with E-state index in [1.807, 2.05) is 0 Å². The fraction of sp³-hybridized carbons (Fsp3) is 0.00763. The van der Waals surface area contributed by atoms with E-state index in [2.05, 4.69) is 532 Å². The summed E-state index contributed by atoms with van der Waals surface area (Å²) in [5, 5.41) is 14.9. The van der Waals surface area contributed by atoms with Crippen LogP contribution in [0.5, 0.6) is 0 Å². The van der Waals surface area contributed by atoms with Crippen LogP contribution in [0.1, 0.15) is 22.6 Å². The van der Waals surface area contributed by atoms with Gasteiger partial charge in [-0.2, -0.15) is 0 Å². The van der Waals surface area contributed by atoms with Gasteiger partial charge in [0.1, 0.15) is 0 Å². The lowest BCUT2D eigenvalue weighted by atomic mass is 9.88. The van der Waals surface area contributed by atoms with Crippen LogP contribution in [0.25, 0.3) is 237 Å². The maximum Gasteiger partial charge on any atom is 0.0562 e. The topological polar surface area (TPSA) is 24.6 Å². The van der Waals surface area contributed by atoms with Gasteiger partial charge in [-0.25, -0.2) is 0 Å². The maximum atomic E-state index is 2.50. The van der Waals surface area contributed by atoms with Crippen LogP contribution in [0, 0.1) is 0 Å². The monoisotopic (exact) mass is 1730 g/mol. The Morgan fingerprint density at radius 3 is 0.750 bits per heavy atom. The van der Waals surface area contributed by atoms with E-state index in [1.54, 1.807) is 0 Å². The summed E-state index contributed by atoms with van der Waals surface area (Å²) in [7, 11) is 0. The van der Waals surface area contributed by atoms with E-state index in [1.165, 1.54) is 226 Å². The second kappa shape index (κ2) is 32.0. The molecule has 5 heteroatoms. The molecule has 1 aliphatic rings. The number of benzene rings is 22. The van der Waals surface area contributed by atoms with Gasteiger partial charge in [-0.3, -0.25) is 0 Å². The van der Waals surface area contributed by atoms with Crippen molar-refractivity contribution < 1.29 is 0 Å². The Bertz CT molecular complexity index is 9390. The van der Waals surface area contributed by atoms with E-state index in [0.29, 0.717) is 0 Å². The van der Waals surface area contributed by atoms with Crippen LogP contribution < -0.4 is 0 Å². The lowest BCUT2D eigenvalue weighted by molar-refractivity contribution is 1.02. The Morgan fingerprint density at radius 1 is 0.125 bits per heavy atom. The second-order valence-corrected chi connectivity index (χ2v) is 36.2. The maximum absolute atomic E-state index is 2.50. The van der Waals surface area contributed by atoms with Crippen molar-refractivity contribution >= 4 is 120 Å². The zero-order valence-corrected chi connectivity index (χ0v) is 74.3. The van der Waals surface area contributed by atoms with E-state index in [9.17, 15) is 0 Å². The third kappa shape index (κ3) is 13.0. The minimum absolute atomic E-state index is 0.123. The van der Waals surface area contributed by atoms with Gasteiger partial charge in [-0.15, -0.1) is 0 Å². The first-order chi connectivity index (χ1) is 67.4. The molecule has 0 amide bonds. The Balaban J connectivity index is 0.000000138. The zero-order chi connectivity index (χ0) is 89.4. The van der Waals surface area contributed by atoms with Crippen molar-refractivity contribution in [2.24, 2.45) is 0 Å². The van der Waals surface area contributed by atoms with Crippen LogP contribution in [0.4, 0.5) is 0 Å². The molecule has 28 rings (SSSR count). The van der Waals surface area contributed by atoms with Gasteiger partial charge in [0.15, 0.2) is 0 Å². The third-order valence-corrected chi connectivity index (χ3v) is 28.6. The normalized spacial score (nSPS) is 12.5. The smallest absolute Gasteiger partial charge is 0.0562 e. The van der Waals surface area contributed by atoms with Crippen molar-refractivity contribution in [2.45, 2.75) is 5.92 Å². The Kier molecular flexibility index (Phi) is 18.3. The molecule has 1 unspecified atom stereocenters. The van der Waals surface area contributed by atoms with Crippen molar-refractivity contribution in [1.29, 1.82) is 0 Å². The van der Waals surface area contributed by atoms with Gasteiger partial charge in [0.2, 0.25) is 0 Å². The van der Waals surface area contributed by atoms with Gasteiger partial charge in [-0.1, -0.05) is 358 Å². The summed E-state index contributed by atoms with van der Waals surface area (Å²) in [6.45, 7) is 0. The Labute approximate surface area is 786 Å². The first-order valence-corrected chi connectivity index (χ1v) is 47.0. The average Bonchev–Trinajstić information content (AvgIpc) is 1.55. The molecular weight excluding hydrogens is 1640 g/mol. The third-order valence-electron chi connectivity index (χ3n) is 28.6. The van der Waals surface area contributed by atoms with Crippen molar-refractivity contribution in [3.05, 3.63) is 526 Å². The quantitative estimate of drug-likeness (QED) is 0.110. The molecule has 22 aromatic carbocycles. The van der Waals surface area contributed by atoms with E-state index >= 15 is 0 Å². The van der Waals surface area contributed by atoms with Crippen molar-refractivity contribution in [3.63, 3.8) is 0 Å². The average molecular weight is 1730 g/mol. The molecule has 1 atom stereocenters. The molecule has 27 aromatic rings. The largest absolute Gasteiger partial charge is 0.309 e. The van der Waals surface area contributed by atoms with Gasteiger partial charge in [0, 0.05) is 88.2 Å². The summed E-state index contributed by atoms with van der Waals surface area (Å²) in [6.07, 6.45) is 0. The van der Waals surface area contributed by atoms with Crippen LogP contribution in [-0.2, 0) is 0 Å². The molecule has 0 radical (unpaired) electrons. The first kappa shape index (κ1) is 78.0. The van der Waals surface area contributed by atoms with Crippen LogP contribution in [0.2, 0.25) is 0 Å². The standard InChI is InChI=1S/C66H43N3.C65H42N2/c1-4-14-44(15-5-1)47-24-32-52(33-25-47)67-61-22-12-10-20-55(61)57-40-50(30-38-63(57)67)51-31-39-64-58(41-51)60-42-59-56-21-11-13-23-62(56)68(53-34-26-48(27-35-53)45-16-6-2-7-17-45)65(59)43-66(60)69(64)54-36-28-49(29-37-54)46-18-8-3-9-19-46;1-3-13-42(14-4-1)45-25-31-51(32-26-45)66-61-22-12-11-20-54(61)57-38-48(29-35-62(57)66)49-30-36-63-58(39-49)59-40-56-53-19-9-10-21-55(53)65(50-24-23-44-17-7-8-18-47(44)37-50)60(56)41-64(59)67(63)52-33-27-46(28-34-52)43-15-5-2-6-16-43/h1-43H;1-41,65H. The molecular formula is C131H85N5. The minimum Gasteiger partial charge on any atom is -0.309 e. The molecule has 0 spiro atoms. The van der Waals surface area contributed by atoms with Gasteiger partial charge in [0.05, 0.1) is 55.2 Å². The number of hydrogen-bond donors (Lipinski definition) is 0. The van der Waals surface area contributed by atoms with Crippen LogP contribution in [-0.4, -0.2) is 22.8 Å². The summed E-state index contributed by atoms with van der Waals surface area (Å²) in [6, 6.07) is 188. The SMILES string of the molecule is c1ccc(-c2ccc(-n3c4ccccc4c4cc(-c5ccc6c(c5)c5cc7c(cc5n6-c5ccc(-c6ccccc6)cc5)C(c5ccc6ccccc6c5)c5ccccc5-7)ccc43)cc2)cc1.c1ccc(-c2ccc(-n3c4ccccc4c4cc(-c5ccc6c(c5)c5cc7c8ccccc8n(-c8ccc(-c9ccccc9)cc8)c7cc5n6-c5ccc(-c6ccccc6)cc5)ccc43)cc2)cc1. The highest BCUT2D eigenvalue weighted by molar-refractivity contribution is 6.21. The van der Waals surface area contributed by atoms with Crippen LogP contribution in [0.15, 0.2) is 510 Å². The van der Waals surface area contributed by atoms with Crippen LogP contribution >= 0.6 is 0 Å². The first-order valence-electron chi connectivity index (χ1n) is 47.0. The molecule has 0 fully saturated rings. The summed E-state index contributed by atoms with van der Waals surface area (Å²) in [4.78, 5) is 0. The number of aromatic nitrogens is 5.